The molecule has 1 amide bonds. The quantitative estimate of drug-likeness (QED) is 0.652. The summed E-state index contributed by atoms with van der Waals surface area (Å²) in [4.78, 5) is 18.3. The van der Waals surface area contributed by atoms with E-state index in [2.05, 4.69) is 30.2 Å². The maximum absolute atomic E-state index is 12.3. The Morgan fingerprint density at radius 1 is 1.43 bits per heavy atom. The predicted octanol–water partition coefficient (Wildman–Crippen LogP) is 1.53. The van der Waals surface area contributed by atoms with Crippen LogP contribution >= 0.6 is 0 Å². The number of carbonyl (C=O) groups excluding carboxylic acids is 1. The Labute approximate surface area is 126 Å². The normalized spacial score (nSPS) is 15.0. The molecule has 0 radical (unpaired) electrons. The van der Waals surface area contributed by atoms with Crippen molar-refractivity contribution in [1.82, 2.24) is 5.32 Å². The zero-order valence-electron chi connectivity index (χ0n) is 12.8. The number of amides is 1. The molecule has 1 aromatic rings. The van der Waals surface area contributed by atoms with E-state index in [9.17, 15) is 4.79 Å². The number of carbonyl (C=O) groups is 1. The van der Waals surface area contributed by atoms with Crippen molar-refractivity contribution in [3.63, 3.8) is 0 Å². The van der Waals surface area contributed by atoms with Crippen LogP contribution in [0.15, 0.2) is 29.3 Å². The second kappa shape index (κ2) is 7.11. The van der Waals surface area contributed by atoms with Crippen molar-refractivity contribution in [2.24, 2.45) is 16.6 Å². The fraction of sp³-hybridized carbons (Fsp3) is 0.500. The number of nitrogens with zero attached hydrogens (tertiary/aromatic N) is 2. The molecule has 0 aliphatic carbocycles. The molecule has 0 bridgehead atoms. The lowest BCUT2D eigenvalue weighted by molar-refractivity contribution is -0.117. The van der Waals surface area contributed by atoms with Crippen molar-refractivity contribution in [2.75, 3.05) is 24.5 Å². The van der Waals surface area contributed by atoms with Gasteiger partial charge in [0.25, 0.3) is 0 Å². The van der Waals surface area contributed by atoms with Crippen LogP contribution in [0.25, 0.3) is 0 Å². The standard InChI is InChI=1S/C16H24N4O/c1-12(2)10-18-16(17)19-11-15(21)20-9-5-7-13-6-3-4-8-14(13)20/h3-4,6,8,12H,5,7,9-11H2,1-2H3,(H3,17,18,19). The highest BCUT2D eigenvalue weighted by Gasteiger charge is 2.21. The average molecular weight is 288 g/mol. The number of nitrogens with one attached hydrogen (secondary N) is 1. The number of aryl methyl sites for hydroxylation is 1. The monoisotopic (exact) mass is 288 g/mol. The Morgan fingerprint density at radius 2 is 2.19 bits per heavy atom. The Hall–Kier alpha value is -2.04. The maximum atomic E-state index is 12.3. The summed E-state index contributed by atoms with van der Waals surface area (Å²) >= 11 is 0. The van der Waals surface area contributed by atoms with Gasteiger partial charge in [0.1, 0.15) is 6.54 Å². The Morgan fingerprint density at radius 3 is 2.95 bits per heavy atom. The van der Waals surface area contributed by atoms with Crippen LogP contribution in [0.3, 0.4) is 0 Å². The first-order valence-electron chi connectivity index (χ1n) is 7.50. The van der Waals surface area contributed by atoms with Crippen LogP contribution < -0.4 is 16.0 Å². The van der Waals surface area contributed by atoms with Crippen molar-refractivity contribution in [1.29, 1.82) is 0 Å². The lowest BCUT2D eigenvalue weighted by Gasteiger charge is -2.29. The van der Waals surface area contributed by atoms with Gasteiger partial charge in [-0.2, -0.15) is 0 Å². The molecule has 1 heterocycles. The second-order valence-electron chi connectivity index (χ2n) is 5.75. The SMILES string of the molecule is CC(C)CNC(N)=NCC(=O)N1CCCc2ccccc21. The molecule has 3 N–H and O–H groups in total. The van der Waals surface area contributed by atoms with Crippen LogP contribution in [0.4, 0.5) is 5.69 Å². The van der Waals surface area contributed by atoms with Gasteiger partial charge < -0.3 is 16.0 Å². The van der Waals surface area contributed by atoms with Crippen molar-refractivity contribution >= 4 is 17.6 Å². The van der Waals surface area contributed by atoms with Gasteiger partial charge in [-0.3, -0.25) is 4.79 Å². The maximum Gasteiger partial charge on any atom is 0.248 e. The first-order valence-corrected chi connectivity index (χ1v) is 7.50. The van der Waals surface area contributed by atoms with Gasteiger partial charge in [-0.1, -0.05) is 32.0 Å². The second-order valence-corrected chi connectivity index (χ2v) is 5.75. The van der Waals surface area contributed by atoms with Crippen molar-refractivity contribution in [3.05, 3.63) is 29.8 Å². The van der Waals surface area contributed by atoms with Gasteiger partial charge in [0.15, 0.2) is 5.96 Å². The molecule has 5 nitrogen and oxygen atoms in total. The Bertz CT molecular complexity index is 525. The fourth-order valence-electron chi connectivity index (χ4n) is 2.40. The zero-order chi connectivity index (χ0) is 15.2. The van der Waals surface area contributed by atoms with Crippen LogP contribution in [0, 0.1) is 5.92 Å². The molecule has 1 aliphatic heterocycles. The van der Waals surface area contributed by atoms with Gasteiger partial charge >= 0.3 is 0 Å². The number of benzene rings is 1. The van der Waals surface area contributed by atoms with E-state index in [1.54, 1.807) is 0 Å². The van der Waals surface area contributed by atoms with Gasteiger partial charge in [0.2, 0.25) is 5.91 Å². The van der Waals surface area contributed by atoms with Crippen LogP contribution in [-0.4, -0.2) is 31.5 Å². The molecule has 0 atom stereocenters. The van der Waals surface area contributed by atoms with E-state index in [4.69, 9.17) is 5.73 Å². The van der Waals surface area contributed by atoms with E-state index in [1.165, 1.54) is 5.56 Å². The highest BCUT2D eigenvalue weighted by molar-refractivity contribution is 5.97. The molecule has 1 aromatic carbocycles. The minimum atomic E-state index is -0.00329. The van der Waals surface area contributed by atoms with Gasteiger partial charge in [-0.25, -0.2) is 4.99 Å². The average Bonchev–Trinajstić information content (AvgIpc) is 2.50. The highest BCUT2D eigenvalue weighted by Crippen LogP contribution is 2.26. The van der Waals surface area contributed by atoms with E-state index < -0.39 is 0 Å². The molecule has 1 aliphatic rings. The van der Waals surface area contributed by atoms with E-state index >= 15 is 0 Å². The molecule has 2 rings (SSSR count). The first kappa shape index (κ1) is 15.4. The van der Waals surface area contributed by atoms with E-state index in [0.29, 0.717) is 11.9 Å². The number of fused-ring (bicyclic) bond motifs is 1. The van der Waals surface area contributed by atoms with Crippen molar-refractivity contribution in [2.45, 2.75) is 26.7 Å². The summed E-state index contributed by atoms with van der Waals surface area (Å²) in [5, 5.41) is 3.02. The predicted molar refractivity (Wildman–Crippen MR) is 86.4 cm³/mol. The number of para-hydroxylation sites is 1. The van der Waals surface area contributed by atoms with E-state index in [-0.39, 0.29) is 12.5 Å². The highest BCUT2D eigenvalue weighted by atomic mass is 16.2. The number of nitrogens with two attached hydrogens (primary N) is 1. The summed E-state index contributed by atoms with van der Waals surface area (Å²) in [5.41, 5.74) is 8.00. The summed E-state index contributed by atoms with van der Waals surface area (Å²) in [5.74, 6) is 0.821. The van der Waals surface area contributed by atoms with Gasteiger partial charge in [0.05, 0.1) is 0 Å². The van der Waals surface area contributed by atoms with Gasteiger partial charge in [0, 0.05) is 18.8 Å². The minimum Gasteiger partial charge on any atom is -0.370 e. The van der Waals surface area contributed by atoms with E-state index in [0.717, 1.165) is 31.6 Å². The van der Waals surface area contributed by atoms with Gasteiger partial charge in [-0.15, -0.1) is 0 Å². The van der Waals surface area contributed by atoms with Crippen molar-refractivity contribution < 1.29 is 4.79 Å². The first-order chi connectivity index (χ1) is 10.1. The lowest BCUT2D eigenvalue weighted by Crippen LogP contribution is -2.39. The molecule has 5 heteroatoms. The van der Waals surface area contributed by atoms with Crippen LogP contribution in [-0.2, 0) is 11.2 Å². The molecule has 21 heavy (non-hydrogen) atoms. The molecule has 0 saturated carbocycles. The fourth-order valence-corrected chi connectivity index (χ4v) is 2.40. The summed E-state index contributed by atoms with van der Waals surface area (Å²) in [7, 11) is 0. The molecular formula is C16H24N4O. The number of anilines is 1. The molecule has 0 unspecified atom stereocenters. The van der Waals surface area contributed by atoms with Crippen LogP contribution in [0.1, 0.15) is 25.8 Å². The molecule has 0 aromatic heterocycles. The number of hydrogen-bond acceptors (Lipinski definition) is 2. The molecule has 114 valence electrons. The van der Waals surface area contributed by atoms with Gasteiger partial charge in [-0.05, 0) is 30.4 Å². The van der Waals surface area contributed by atoms with Crippen LogP contribution in [0.5, 0.6) is 0 Å². The summed E-state index contributed by atoms with van der Waals surface area (Å²) in [6.45, 7) is 5.79. The zero-order valence-corrected chi connectivity index (χ0v) is 12.8. The number of guanidine groups is 1. The third-order valence-electron chi connectivity index (χ3n) is 3.49. The molecule has 0 fully saturated rings. The Balaban J connectivity index is 1.97. The molecule has 0 saturated heterocycles. The summed E-state index contributed by atoms with van der Waals surface area (Å²) < 4.78 is 0. The summed E-state index contributed by atoms with van der Waals surface area (Å²) in [6.07, 6.45) is 2.02. The van der Waals surface area contributed by atoms with Crippen LogP contribution in [0.2, 0.25) is 0 Å². The third-order valence-corrected chi connectivity index (χ3v) is 3.49. The minimum absolute atomic E-state index is 0.00329. The number of aliphatic imine (C=N–C) groups is 1. The van der Waals surface area contributed by atoms with Crippen molar-refractivity contribution in [3.8, 4) is 0 Å². The third kappa shape index (κ3) is 4.21. The van der Waals surface area contributed by atoms with E-state index in [1.807, 2.05) is 23.1 Å². The number of hydrogen-bond donors (Lipinski definition) is 2. The molecule has 0 spiro atoms. The molecular weight excluding hydrogens is 264 g/mol. The largest absolute Gasteiger partial charge is 0.370 e. The Kier molecular flexibility index (Phi) is 5.20. The topological polar surface area (TPSA) is 70.7 Å². The smallest absolute Gasteiger partial charge is 0.248 e. The lowest BCUT2D eigenvalue weighted by atomic mass is 10.0. The summed E-state index contributed by atoms with van der Waals surface area (Å²) in [6, 6.07) is 8.05. The number of rotatable bonds is 4.